The Morgan fingerprint density at radius 1 is 1.32 bits per heavy atom. The first kappa shape index (κ1) is 16.8. The summed E-state index contributed by atoms with van der Waals surface area (Å²) in [5.74, 6) is 0.372. The van der Waals surface area contributed by atoms with E-state index in [0.717, 1.165) is 38.8 Å². The summed E-state index contributed by atoms with van der Waals surface area (Å²) < 4.78 is 5.11. The molecule has 4 nitrogen and oxygen atoms in total. The number of piperidine rings is 1. The number of carbonyl (C=O) groups excluding carboxylic acids is 1. The fourth-order valence-corrected chi connectivity index (χ4v) is 3.06. The molecule has 1 atom stereocenters. The molecule has 1 fully saturated rings. The van der Waals surface area contributed by atoms with Crippen LogP contribution in [0.5, 0.6) is 5.75 Å². The first-order valence-electron chi connectivity index (χ1n) is 8.28. The quantitative estimate of drug-likeness (QED) is 0.821. The second kappa shape index (κ2) is 8.18. The minimum atomic E-state index is -0.0288. The number of aryl methyl sites for hydroxylation is 1. The highest BCUT2D eigenvalue weighted by Crippen LogP contribution is 2.22. The first-order valence-corrected chi connectivity index (χ1v) is 8.28. The van der Waals surface area contributed by atoms with Gasteiger partial charge in [-0.3, -0.25) is 4.79 Å². The lowest BCUT2D eigenvalue weighted by atomic mass is 9.95. The number of hydrogen-bond donors (Lipinski definition) is 1. The molecule has 0 aromatic heterocycles. The van der Waals surface area contributed by atoms with Crippen molar-refractivity contribution < 1.29 is 14.6 Å². The summed E-state index contributed by atoms with van der Waals surface area (Å²) in [6.07, 6.45) is 3.92. The predicted octanol–water partition coefficient (Wildman–Crippen LogP) is 2.99. The van der Waals surface area contributed by atoms with E-state index in [2.05, 4.69) is 11.8 Å². The van der Waals surface area contributed by atoms with E-state index in [9.17, 15) is 9.90 Å². The van der Waals surface area contributed by atoms with Crippen LogP contribution in [0, 0.1) is 5.92 Å². The van der Waals surface area contributed by atoms with Crippen LogP contribution in [0.15, 0.2) is 24.3 Å². The average molecular weight is 305 g/mol. The number of phenolic OH excluding ortho intramolecular Hbond substituents is 1. The van der Waals surface area contributed by atoms with E-state index >= 15 is 0 Å². The Morgan fingerprint density at radius 3 is 2.55 bits per heavy atom. The number of phenols is 1. The molecule has 1 heterocycles. The highest BCUT2D eigenvalue weighted by molar-refractivity contribution is 5.72. The van der Waals surface area contributed by atoms with E-state index in [1.807, 2.05) is 19.1 Å². The van der Waals surface area contributed by atoms with Crippen LogP contribution in [0.25, 0.3) is 0 Å². The van der Waals surface area contributed by atoms with Gasteiger partial charge in [0.2, 0.25) is 0 Å². The monoisotopic (exact) mass is 305 g/mol. The van der Waals surface area contributed by atoms with Gasteiger partial charge >= 0.3 is 5.97 Å². The normalized spacial score (nSPS) is 18.1. The summed E-state index contributed by atoms with van der Waals surface area (Å²) in [5, 5.41) is 9.30. The van der Waals surface area contributed by atoms with Crippen LogP contribution in [0.4, 0.5) is 0 Å². The Labute approximate surface area is 133 Å². The number of aromatic hydroxyl groups is 1. The number of rotatable bonds is 6. The van der Waals surface area contributed by atoms with Crippen molar-refractivity contribution in [2.45, 2.75) is 45.6 Å². The summed E-state index contributed by atoms with van der Waals surface area (Å²) in [6, 6.07) is 7.96. The lowest BCUT2D eigenvalue weighted by Crippen LogP contribution is -2.42. The van der Waals surface area contributed by atoms with Crippen molar-refractivity contribution in [2.24, 2.45) is 5.92 Å². The van der Waals surface area contributed by atoms with Gasteiger partial charge in [-0.05, 0) is 70.3 Å². The molecule has 1 aromatic rings. The summed E-state index contributed by atoms with van der Waals surface area (Å²) in [4.78, 5) is 14.2. The van der Waals surface area contributed by atoms with Crippen LogP contribution in [0.1, 0.15) is 38.7 Å². The van der Waals surface area contributed by atoms with E-state index in [4.69, 9.17) is 4.74 Å². The zero-order chi connectivity index (χ0) is 15.9. The van der Waals surface area contributed by atoms with E-state index in [-0.39, 0.29) is 11.9 Å². The molecule has 22 heavy (non-hydrogen) atoms. The van der Waals surface area contributed by atoms with Gasteiger partial charge < -0.3 is 14.7 Å². The van der Waals surface area contributed by atoms with Gasteiger partial charge in [-0.15, -0.1) is 0 Å². The Hall–Kier alpha value is -1.55. The molecular weight excluding hydrogens is 278 g/mol. The molecule has 4 heteroatoms. The highest BCUT2D eigenvalue weighted by atomic mass is 16.5. The number of carbonyl (C=O) groups is 1. The maximum atomic E-state index is 11.8. The number of likely N-dealkylation sites (tertiary alicyclic amines) is 1. The lowest BCUT2D eigenvalue weighted by molar-refractivity contribution is -0.149. The number of benzene rings is 1. The zero-order valence-corrected chi connectivity index (χ0v) is 13.6. The fraction of sp³-hybridized carbons (Fsp3) is 0.611. The van der Waals surface area contributed by atoms with Crippen molar-refractivity contribution >= 4 is 5.97 Å². The van der Waals surface area contributed by atoms with E-state index in [0.29, 0.717) is 18.4 Å². The summed E-state index contributed by atoms with van der Waals surface area (Å²) in [6.45, 7) is 6.53. The van der Waals surface area contributed by atoms with Crippen LogP contribution in [-0.4, -0.2) is 41.7 Å². The van der Waals surface area contributed by atoms with Gasteiger partial charge in [0.15, 0.2) is 0 Å². The number of ether oxygens (including phenoxy) is 1. The minimum Gasteiger partial charge on any atom is -0.508 e. The Balaban J connectivity index is 1.74. The summed E-state index contributed by atoms with van der Waals surface area (Å²) in [7, 11) is 0. The van der Waals surface area contributed by atoms with Gasteiger partial charge in [0, 0.05) is 6.04 Å². The topological polar surface area (TPSA) is 49.8 Å². The average Bonchev–Trinajstić information content (AvgIpc) is 2.54. The number of hydrogen-bond acceptors (Lipinski definition) is 4. The van der Waals surface area contributed by atoms with Gasteiger partial charge in [0.25, 0.3) is 0 Å². The second-order valence-corrected chi connectivity index (χ2v) is 6.12. The zero-order valence-electron chi connectivity index (χ0n) is 13.6. The molecule has 1 aliphatic heterocycles. The molecule has 2 rings (SSSR count). The van der Waals surface area contributed by atoms with E-state index in [1.54, 1.807) is 12.1 Å². The van der Waals surface area contributed by atoms with Crippen LogP contribution in [0.2, 0.25) is 0 Å². The molecule has 0 saturated carbocycles. The molecule has 1 unspecified atom stereocenters. The molecule has 0 spiro atoms. The smallest absolute Gasteiger partial charge is 0.309 e. The molecule has 122 valence electrons. The molecule has 1 N–H and O–H groups in total. The summed E-state index contributed by atoms with van der Waals surface area (Å²) in [5.41, 5.74) is 1.26. The van der Waals surface area contributed by atoms with Gasteiger partial charge in [0.05, 0.1) is 12.5 Å². The van der Waals surface area contributed by atoms with Crippen molar-refractivity contribution in [3.63, 3.8) is 0 Å². The molecule has 0 amide bonds. The van der Waals surface area contributed by atoms with Crippen molar-refractivity contribution in [2.75, 3.05) is 19.7 Å². The van der Waals surface area contributed by atoms with E-state index < -0.39 is 0 Å². The van der Waals surface area contributed by atoms with Crippen LogP contribution in [0.3, 0.4) is 0 Å². The SMILES string of the molecule is CCOC(=O)C1CCN(C(C)CCc2ccc(O)cc2)CC1. The lowest BCUT2D eigenvalue weighted by Gasteiger charge is -2.35. The van der Waals surface area contributed by atoms with Gasteiger partial charge in [-0.25, -0.2) is 0 Å². The third kappa shape index (κ3) is 4.73. The standard InChI is InChI=1S/C18H27NO3/c1-3-22-18(21)16-10-12-19(13-11-16)14(2)4-5-15-6-8-17(20)9-7-15/h6-9,14,16,20H,3-5,10-13H2,1-2H3. The number of esters is 1. The number of nitrogens with zero attached hydrogens (tertiary/aromatic N) is 1. The second-order valence-electron chi connectivity index (χ2n) is 6.12. The van der Waals surface area contributed by atoms with Gasteiger partial charge in [0.1, 0.15) is 5.75 Å². The van der Waals surface area contributed by atoms with Crippen molar-refractivity contribution in [1.82, 2.24) is 4.90 Å². The maximum Gasteiger partial charge on any atom is 0.309 e. The highest BCUT2D eigenvalue weighted by Gasteiger charge is 2.27. The Kier molecular flexibility index (Phi) is 6.25. The third-order valence-corrected chi connectivity index (χ3v) is 4.56. The Bertz CT molecular complexity index is 464. The largest absolute Gasteiger partial charge is 0.508 e. The van der Waals surface area contributed by atoms with Gasteiger partial charge in [-0.1, -0.05) is 12.1 Å². The van der Waals surface area contributed by atoms with Crippen molar-refractivity contribution in [3.05, 3.63) is 29.8 Å². The predicted molar refractivity (Wildman–Crippen MR) is 86.8 cm³/mol. The molecule has 1 aromatic carbocycles. The van der Waals surface area contributed by atoms with E-state index in [1.165, 1.54) is 5.56 Å². The first-order chi connectivity index (χ1) is 10.6. The van der Waals surface area contributed by atoms with Crippen LogP contribution in [-0.2, 0) is 16.0 Å². The molecular formula is C18H27NO3. The van der Waals surface area contributed by atoms with Crippen LogP contribution < -0.4 is 0 Å². The minimum absolute atomic E-state index is 0.0288. The molecule has 0 radical (unpaired) electrons. The van der Waals surface area contributed by atoms with Crippen LogP contribution >= 0.6 is 0 Å². The Morgan fingerprint density at radius 2 is 1.95 bits per heavy atom. The molecule has 1 aliphatic rings. The van der Waals surface area contributed by atoms with Gasteiger partial charge in [-0.2, -0.15) is 0 Å². The van der Waals surface area contributed by atoms with Crippen molar-refractivity contribution in [1.29, 1.82) is 0 Å². The molecule has 0 bridgehead atoms. The summed E-state index contributed by atoms with van der Waals surface area (Å²) >= 11 is 0. The fourth-order valence-electron chi connectivity index (χ4n) is 3.06. The maximum absolute atomic E-state index is 11.8. The molecule has 0 aliphatic carbocycles. The molecule has 1 saturated heterocycles. The van der Waals surface area contributed by atoms with Crippen molar-refractivity contribution in [3.8, 4) is 5.75 Å². The third-order valence-electron chi connectivity index (χ3n) is 4.56.